The van der Waals surface area contributed by atoms with E-state index in [1.165, 1.54) is 26.4 Å². The van der Waals surface area contributed by atoms with Crippen LogP contribution in [0.2, 0.25) is 0 Å². The van der Waals surface area contributed by atoms with Crippen molar-refractivity contribution in [1.82, 2.24) is 10.9 Å². The summed E-state index contributed by atoms with van der Waals surface area (Å²) < 4.78 is 15.9. The second-order valence-corrected chi connectivity index (χ2v) is 7.22. The molecule has 0 saturated heterocycles. The Bertz CT molecular complexity index is 609. The van der Waals surface area contributed by atoms with Gasteiger partial charge in [0.05, 0.1) is 21.3 Å². The summed E-state index contributed by atoms with van der Waals surface area (Å²) in [5, 5.41) is 10.2. The Labute approximate surface area is 166 Å². The minimum atomic E-state index is -1.24. The van der Waals surface area contributed by atoms with Gasteiger partial charge in [-0.2, -0.15) is 0 Å². The predicted molar refractivity (Wildman–Crippen MR) is 106 cm³/mol. The molecule has 8 heteroatoms. The Balaban J connectivity index is 1.85. The fourth-order valence-corrected chi connectivity index (χ4v) is 3.68. The Hall–Kier alpha value is -2.03. The number of carbonyl (C=O) groups is 1. The van der Waals surface area contributed by atoms with Crippen molar-refractivity contribution in [3.63, 3.8) is 0 Å². The molecule has 1 aromatic carbocycles. The van der Waals surface area contributed by atoms with Crippen LogP contribution in [0.5, 0.6) is 17.2 Å². The topological polar surface area (TPSA) is 115 Å². The molecule has 0 bridgehead atoms. The highest BCUT2D eigenvalue weighted by atomic mass is 16.5. The highest BCUT2D eigenvalue weighted by Crippen LogP contribution is 2.38. The molecule has 2 atom stereocenters. The SMILES string of the molecule is COc1cc(CNNC(=O)C(O)C(N)CC2CCCCC2)cc(OC)c1OC. The first-order valence-electron chi connectivity index (χ1n) is 9.75. The van der Waals surface area contributed by atoms with Crippen LogP contribution in [-0.2, 0) is 11.3 Å². The molecule has 0 aromatic heterocycles. The van der Waals surface area contributed by atoms with Crippen LogP contribution in [0.15, 0.2) is 12.1 Å². The van der Waals surface area contributed by atoms with Gasteiger partial charge in [0.25, 0.3) is 5.91 Å². The number of hydrogen-bond acceptors (Lipinski definition) is 7. The summed E-state index contributed by atoms with van der Waals surface area (Å²) in [5.41, 5.74) is 12.2. The van der Waals surface area contributed by atoms with Crippen molar-refractivity contribution in [2.24, 2.45) is 11.7 Å². The summed E-state index contributed by atoms with van der Waals surface area (Å²) in [5.74, 6) is 1.52. The molecule has 0 aliphatic heterocycles. The fourth-order valence-electron chi connectivity index (χ4n) is 3.68. The van der Waals surface area contributed by atoms with Crippen LogP contribution < -0.4 is 30.8 Å². The van der Waals surface area contributed by atoms with Crippen LogP contribution in [0.3, 0.4) is 0 Å². The molecular weight excluding hydrogens is 362 g/mol. The average molecular weight is 396 g/mol. The van der Waals surface area contributed by atoms with E-state index in [1.54, 1.807) is 26.4 Å². The van der Waals surface area contributed by atoms with Crippen molar-refractivity contribution in [3.8, 4) is 17.2 Å². The van der Waals surface area contributed by atoms with Gasteiger partial charge in [-0.05, 0) is 30.0 Å². The Kier molecular flexibility index (Phi) is 8.82. The third-order valence-electron chi connectivity index (χ3n) is 5.23. The van der Waals surface area contributed by atoms with Crippen LogP contribution in [0.4, 0.5) is 0 Å². The van der Waals surface area contributed by atoms with E-state index in [0.29, 0.717) is 36.1 Å². The maximum atomic E-state index is 12.2. The van der Waals surface area contributed by atoms with Crippen molar-refractivity contribution in [2.45, 2.75) is 57.2 Å². The first-order valence-corrected chi connectivity index (χ1v) is 9.75. The maximum Gasteiger partial charge on any atom is 0.264 e. The zero-order valence-corrected chi connectivity index (χ0v) is 17.0. The lowest BCUT2D eigenvalue weighted by atomic mass is 9.84. The van der Waals surface area contributed by atoms with Gasteiger partial charge in [0.15, 0.2) is 11.5 Å². The quantitative estimate of drug-likeness (QED) is 0.444. The van der Waals surface area contributed by atoms with Crippen LogP contribution in [0.25, 0.3) is 0 Å². The molecule has 1 saturated carbocycles. The Morgan fingerprint density at radius 3 is 2.29 bits per heavy atom. The summed E-state index contributed by atoms with van der Waals surface area (Å²) in [6.45, 7) is 0.313. The predicted octanol–water partition coefficient (Wildman–Crippen LogP) is 1.49. The molecule has 1 aliphatic carbocycles. The summed E-state index contributed by atoms with van der Waals surface area (Å²) in [6.07, 6.45) is 5.35. The zero-order chi connectivity index (χ0) is 20.5. The van der Waals surface area contributed by atoms with Gasteiger partial charge >= 0.3 is 0 Å². The maximum absolute atomic E-state index is 12.2. The second kappa shape index (κ2) is 11.1. The third-order valence-corrected chi connectivity index (χ3v) is 5.23. The number of hydrazine groups is 1. The molecule has 1 aliphatic rings. The summed E-state index contributed by atoms with van der Waals surface area (Å²) in [4.78, 5) is 12.2. The van der Waals surface area contributed by atoms with Gasteiger partial charge in [-0.25, -0.2) is 5.43 Å². The number of nitrogens with one attached hydrogen (secondary N) is 2. The summed E-state index contributed by atoms with van der Waals surface area (Å²) in [6, 6.07) is 3.00. The molecule has 2 unspecified atom stereocenters. The molecule has 0 radical (unpaired) electrons. The van der Waals surface area contributed by atoms with E-state index in [0.717, 1.165) is 18.4 Å². The minimum Gasteiger partial charge on any atom is -0.493 e. The van der Waals surface area contributed by atoms with Gasteiger partial charge in [-0.15, -0.1) is 0 Å². The largest absolute Gasteiger partial charge is 0.493 e. The van der Waals surface area contributed by atoms with Gasteiger partial charge in [0.2, 0.25) is 5.75 Å². The lowest BCUT2D eigenvalue weighted by Gasteiger charge is -2.26. The van der Waals surface area contributed by atoms with Crippen LogP contribution in [0, 0.1) is 5.92 Å². The molecule has 5 N–H and O–H groups in total. The van der Waals surface area contributed by atoms with Gasteiger partial charge in [-0.1, -0.05) is 32.1 Å². The van der Waals surface area contributed by atoms with E-state index < -0.39 is 18.1 Å². The minimum absolute atomic E-state index is 0.313. The molecule has 8 nitrogen and oxygen atoms in total. The van der Waals surface area contributed by atoms with E-state index in [1.807, 2.05) is 0 Å². The van der Waals surface area contributed by atoms with Gasteiger partial charge in [-0.3, -0.25) is 10.2 Å². The summed E-state index contributed by atoms with van der Waals surface area (Å²) >= 11 is 0. The molecule has 0 spiro atoms. The van der Waals surface area contributed by atoms with Gasteiger partial charge in [0.1, 0.15) is 6.10 Å². The van der Waals surface area contributed by atoms with Crippen molar-refractivity contribution in [1.29, 1.82) is 0 Å². The number of ether oxygens (including phenoxy) is 3. The Morgan fingerprint density at radius 1 is 1.14 bits per heavy atom. The van der Waals surface area contributed by atoms with E-state index in [2.05, 4.69) is 10.9 Å². The molecular formula is C20H33N3O5. The zero-order valence-electron chi connectivity index (χ0n) is 17.0. The molecule has 0 heterocycles. The number of aliphatic hydroxyl groups is 1. The highest BCUT2D eigenvalue weighted by Gasteiger charge is 2.26. The number of amides is 1. The van der Waals surface area contributed by atoms with Crippen LogP contribution >= 0.6 is 0 Å². The lowest BCUT2D eigenvalue weighted by molar-refractivity contribution is -0.131. The molecule has 28 heavy (non-hydrogen) atoms. The van der Waals surface area contributed by atoms with Crippen molar-refractivity contribution < 1.29 is 24.1 Å². The average Bonchev–Trinajstić information content (AvgIpc) is 2.72. The van der Waals surface area contributed by atoms with E-state index in [4.69, 9.17) is 19.9 Å². The second-order valence-electron chi connectivity index (χ2n) is 7.22. The number of benzene rings is 1. The van der Waals surface area contributed by atoms with Crippen molar-refractivity contribution in [3.05, 3.63) is 17.7 Å². The first-order chi connectivity index (χ1) is 13.5. The number of carbonyl (C=O) groups excluding carboxylic acids is 1. The Morgan fingerprint density at radius 2 is 1.75 bits per heavy atom. The van der Waals surface area contributed by atoms with Crippen molar-refractivity contribution in [2.75, 3.05) is 21.3 Å². The first kappa shape index (κ1) is 22.3. The van der Waals surface area contributed by atoms with E-state index in [9.17, 15) is 9.90 Å². The number of hydrogen-bond donors (Lipinski definition) is 4. The standard InChI is InChI=1S/C20H33N3O5/c1-26-16-10-14(11-17(27-2)19(16)28-3)12-22-23-20(25)18(24)15(21)9-13-7-5-4-6-8-13/h10-11,13,15,18,22,24H,4-9,12,21H2,1-3H3,(H,23,25). The number of aliphatic hydroxyl groups excluding tert-OH is 1. The smallest absolute Gasteiger partial charge is 0.264 e. The molecule has 1 amide bonds. The van der Waals surface area contributed by atoms with Crippen LogP contribution in [-0.4, -0.2) is 44.5 Å². The van der Waals surface area contributed by atoms with E-state index in [-0.39, 0.29) is 0 Å². The molecule has 2 rings (SSSR count). The summed E-state index contributed by atoms with van der Waals surface area (Å²) in [7, 11) is 4.62. The third kappa shape index (κ3) is 5.98. The lowest BCUT2D eigenvalue weighted by Crippen LogP contribution is -2.50. The highest BCUT2D eigenvalue weighted by molar-refractivity contribution is 5.80. The number of nitrogens with two attached hydrogens (primary N) is 1. The van der Waals surface area contributed by atoms with Crippen molar-refractivity contribution >= 4 is 5.91 Å². The monoisotopic (exact) mass is 395 g/mol. The van der Waals surface area contributed by atoms with E-state index >= 15 is 0 Å². The molecule has 158 valence electrons. The normalized spacial score (nSPS) is 16.9. The van der Waals surface area contributed by atoms with Gasteiger partial charge in [0, 0.05) is 12.6 Å². The van der Waals surface area contributed by atoms with Crippen LogP contribution in [0.1, 0.15) is 44.1 Å². The molecule has 1 aromatic rings. The fraction of sp³-hybridized carbons (Fsp3) is 0.650. The van der Waals surface area contributed by atoms with Gasteiger partial charge < -0.3 is 25.1 Å². The number of methoxy groups -OCH3 is 3. The molecule has 1 fully saturated rings. The number of rotatable bonds is 10.